The minimum Gasteiger partial charge on any atom is -0.482 e. The second kappa shape index (κ2) is 6.40. The lowest BCUT2D eigenvalue weighted by Gasteiger charge is -2.12. The van der Waals surface area contributed by atoms with Crippen LogP contribution in [0, 0.1) is 0 Å². The van der Waals surface area contributed by atoms with Gasteiger partial charge >= 0.3 is 5.97 Å². The number of benzene rings is 1. The van der Waals surface area contributed by atoms with Crippen molar-refractivity contribution < 1.29 is 14.6 Å². The fraction of sp³-hybridized carbons (Fsp3) is 0.500. The number of aliphatic carboxylic acids is 1. The van der Waals surface area contributed by atoms with E-state index in [1.807, 2.05) is 18.2 Å². The van der Waals surface area contributed by atoms with Gasteiger partial charge in [0.05, 0.1) is 0 Å². The first kappa shape index (κ1) is 12.9. The topological polar surface area (TPSA) is 58.6 Å². The second-order valence-electron chi connectivity index (χ2n) is 4.69. The lowest BCUT2D eigenvalue weighted by Crippen LogP contribution is -2.25. The van der Waals surface area contributed by atoms with Crippen molar-refractivity contribution in [2.45, 2.75) is 38.3 Å². The van der Waals surface area contributed by atoms with Gasteiger partial charge in [0.25, 0.3) is 0 Å². The van der Waals surface area contributed by atoms with Gasteiger partial charge in [-0.05, 0) is 30.5 Å². The van der Waals surface area contributed by atoms with Gasteiger partial charge < -0.3 is 15.2 Å². The maximum atomic E-state index is 10.4. The number of nitrogens with one attached hydrogen (secondary N) is 1. The van der Waals surface area contributed by atoms with Crippen molar-refractivity contribution in [3.8, 4) is 5.75 Å². The lowest BCUT2D eigenvalue weighted by molar-refractivity contribution is -0.139. The Labute approximate surface area is 107 Å². The van der Waals surface area contributed by atoms with E-state index in [0.29, 0.717) is 11.8 Å². The molecule has 2 N–H and O–H groups in total. The zero-order valence-corrected chi connectivity index (χ0v) is 10.4. The maximum Gasteiger partial charge on any atom is 0.341 e. The highest BCUT2D eigenvalue weighted by Gasteiger charge is 2.13. The van der Waals surface area contributed by atoms with Gasteiger partial charge in [-0.1, -0.05) is 25.0 Å². The number of ether oxygens (including phenoxy) is 1. The van der Waals surface area contributed by atoms with E-state index in [-0.39, 0.29) is 6.61 Å². The molecule has 0 bridgehead atoms. The zero-order chi connectivity index (χ0) is 12.8. The van der Waals surface area contributed by atoms with Crippen LogP contribution in [-0.2, 0) is 11.3 Å². The summed E-state index contributed by atoms with van der Waals surface area (Å²) < 4.78 is 5.15. The van der Waals surface area contributed by atoms with Gasteiger partial charge in [0.2, 0.25) is 0 Å². The van der Waals surface area contributed by atoms with Crippen LogP contribution in [0.1, 0.15) is 31.2 Å². The summed E-state index contributed by atoms with van der Waals surface area (Å²) in [6.45, 7) is 0.522. The van der Waals surface area contributed by atoms with E-state index in [1.54, 1.807) is 6.07 Å². The molecule has 0 atom stereocenters. The van der Waals surface area contributed by atoms with Crippen LogP contribution in [0.4, 0.5) is 0 Å². The van der Waals surface area contributed by atoms with Crippen molar-refractivity contribution in [3.05, 3.63) is 29.8 Å². The third kappa shape index (κ3) is 4.04. The largest absolute Gasteiger partial charge is 0.482 e. The Morgan fingerprint density at radius 1 is 1.39 bits per heavy atom. The van der Waals surface area contributed by atoms with Crippen LogP contribution in [0.15, 0.2) is 24.3 Å². The minimum absolute atomic E-state index is 0.292. The molecule has 0 amide bonds. The molecule has 2 rings (SSSR count). The van der Waals surface area contributed by atoms with Crippen LogP contribution < -0.4 is 10.1 Å². The van der Waals surface area contributed by atoms with Crippen molar-refractivity contribution >= 4 is 5.97 Å². The molecule has 0 heterocycles. The van der Waals surface area contributed by atoms with Gasteiger partial charge in [-0.3, -0.25) is 0 Å². The molecule has 0 aliphatic heterocycles. The van der Waals surface area contributed by atoms with Crippen LogP contribution >= 0.6 is 0 Å². The molecule has 4 heteroatoms. The summed E-state index contributed by atoms with van der Waals surface area (Å²) in [5, 5.41) is 12.1. The van der Waals surface area contributed by atoms with Gasteiger partial charge in [0.1, 0.15) is 5.75 Å². The standard InChI is InChI=1S/C14H19NO3/c16-14(17)10-18-13-7-3-4-11(8-13)9-15-12-5-1-2-6-12/h3-4,7-8,12,15H,1-2,5-6,9-10H2,(H,16,17). The van der Waals surface area contributed by atoms with E-state index < -0.39 is 5.97 Å². The predicted octanol–water partition coefficient (Wildman–Crippen LogP) is 2.18. The summed E-state index contributed by atoms with van der Waals surface area (Å²) in [7, 11) is 0. The van der Waals surface area contributed by atoms with Crippen molar-refractivity contribution in [2.24, 2.45) is 0 Å². The molecule has 0 unspecified atom stereocenters. The van der Waals surface area contributed by atoms with Crippen LogP contribution in [0.3, 0.4) is 0 Å². The van der Waals surface area contributed by atoms with E-state index in [9.17, 15) is 4.79 Å². The highest BCUT2D eigenvalue weighted by molar-refractivity contribution is 5.68. The van der Waals surface area contributed by atoms with Crippen LogP contribution in [0.2, 0.25) is 0 Å². The Morgan fingerprint density at radius 3 is 2.89 bits per heavy atom. The molecular formula is C14H19NO3. The summed E-state index contributed by atoms with van der Waals surface area (Å²) in [4.78, 5) is 10.4. The molecular weight excluding hydrogens is 230 g/mol. The summed E-state index contributed by atoms with van der Waals surface area (Å²) in [6.07, 6.45) is 5.16. The lowest BCUT2D eigenvalue weighted by atomic mass is 10.2. The maximum absolute atomic E-state index is 10.4. The second-order valence-corrected chi connectivity index (χ2v) is 4.69. The van der Waals surface area contributed by atoms with Gasteiger partial charge in [-0.25, -0.2) is 4.79 Å². The minimum atomic E-state index is -0.954. The molecule has 1 aliphatic rings. The molecule has 1 fully saturated rings. The van der Waals surface area contributed by atoms with Crippen LogP contribution in [0.25, 0.3) is 0 Å². The van der Waals surface area contributed by atoms with E-state index in [4.69, 9.17) is 9.84 Å². The fourth-order valence-corrected chi connectivity index (χ4v) is 2.28. The molecule has 1 aromatic carbocycles. The highest BCUT2D eigenvalue weighted by Crippen LogP contribution is 2.19. The van der Waals surface area contributed by atoms with Gasteiger partial charge in [0.15, 0.2) is 6.61 Å². The number of hydrogen-bond acceptors (Lipinski definition) is 3. The van der Waals surface area contributed by atoms with E-state index in [2.05, 4.69) is 5.32 Å². The Kier molecular flexibility index (Phi) is 4.59. The summed E-state index contributed by atoms with van der Waals surface area (Å²) >= 11 is 0. The van der Waals surface area contributed by atoms with E-state index in [0.717, 1.165) is 12.1 Å². The molecule has 1 aromatic rings. The molecule has 0 spiro atoms. The van der Waals surface area contributed by atoms with Gasteiger partial charge in [0, 0.05) is 12.6 Å². The molecule has 1 aliphatic carbocycles. The first-order valence-corrected chi connectivity index (χ1v) is 6.41. The van der Waals surface area contributed by atoms with E-state index in [1.165, 1.54) is 25.7 Å². The fourth-order valence-electron chi connectivity index (χ4n) is 2.28. The third-order valence-electron chi connectivity index (χ3n) is 3.21. The Bertz CT molecular complexity index is 400. The summed E-state index contributed by atoms with van der Waals surface area (Å²) in [5.74, 6) is -0.340. The summed E-state index contributed by atoms with van der Waals surface area (Å²) in [6, 6.07) is 8.22. The Hall–Kier alpha value is -1.55. The predicted molar refractivity (Wildman–Crippen MR) is 68.7 cm³/mol. The average molecular weight is 249 g/mol. The molecule has 4 nitrogen and oxygen atoms in total. The van der Waals surface area contributed by atoms with Gasteiger partial charge in [-0.2, -0.15) is 0 Å². The zero-order valence-electron chi connectivity index (χ0n) is 10.4. The Morgan fingerprint density at radius 2 is 2.17 bits per heavy atom. The number of hydrogen-bond donors (Lipinski definition) is 2. The molecule has 98 valence electrons. The highest BCUT2D eigenvalue weighted by atomic mass is 16.5. The Balaban J connectivity index is 1.84. The number of carboxylic acid groups (broad SMARTS) is 1. The van der Waals surface area contributed by atoms with Crippen LogP contribution in [0.5, 0.6) is 5.75 Å². The average Bonchev–Trinajstić information content (AvgIpc) is 2.87. The monoisotopic (exact) mass is 249 g/mol. The molecule has 0 aromatic heterocycles. The van der Waals surface area contributed by atoms with Crippen LogP contribution in [-0.4, -0.2) is 23.7 Å². The first-order valence-electron chi connectivity index (χ1n) is 6.41. The summed E-state index contributed by atoms with van der Waals surface area (Å²) in [5.41, 5.74) is 1.13. The number of rotatable bonds is 6. The quantitative estimate of drug-likeness (QED) is 0.811. The number of carbonyl (C=O) groups is 1. The molecule has 0 radical (unpaired) electrons. The molecule has 0 saturated heterocycles. The van der Waals surface area contributed by atoms with E-state index >= 15 is 0 Å². The smallest absolute Gasteiger partial charge is 0.341 e. The van der Waals surface area contributed by atoms with Gasteiger partial charge in [-0.15, -0.1) is 0 Å². The first-order chi connectivity index (χ1) is 8.74. The number of carboxylic acids is 1. The molecule has 18 heavy (non-hydrogen) atoms. The van der Waals surface area contributed by atoms with Crippen molar-refractivity contribution in [3.63, 3.8) is 0 Å². The van der Waals surface area contributed by atoms with Crippen molar-refractivity contribution in [1.82, 2.24) is 5.32 Å². The van der Waals surface area contributed by atoms with Crippen molar-refractivity contribution in [2.75, 3.05) is 6.61 Å². The normalized spacial score (nSPS) is 15.8. The molecule has 1 saturated carbocycles. The SMILES string of the molecule is O=C(O)COc1cccc(CNC2CCCC2)c1. The third-order valence-corrected chi connectivity index (χ3v) is 3.21. The van der Waals surface area contributed by atoms with Crippen molar-refractivity contribution in [1.29, 1.82) is 0 Å².